The zero-order valence-electron chi connectivity index (χ0n) is 19.2. The molecule has 4 heterocycles. The van der Waals surface area contributed by atoms with Crippen molar-refractivity contribution in [2.75, 3.05) is 49.2 Å². The zero-order chi connectivity index (χ0) is 24.3. The second-order valence-electron chi connectivity index (χ2n) is 8.60. The molecule has 2 fully saturated rings. The normalized spacial score (nSPS) is 22.9. The number of ether oxygens (including phenoxy) is 1. The van der Waals surface area contributed by atoms with Crippen molar-refractivity contribution in [1.29, 1.82) is 0 Å². The summed E-state index contributed by atoms with van der Waals surface area (Å²) in [5.41, 5.74) is 0.691. The Morgan fingerprint density at radius 1 is 1.15 bits per heavy atom. The standard InChI is InChI=1S/C22H29N5O6S/c1-2-33-22(30)16-4-6-19(23-14-16)25-9-3-10-26(12-11-25)21(29)18-5-7-20(28)27(24-18)17-8-13-34(31,32)15-17/h4,6,14,17H,2-3,5,7-13,15H2,1H3. The third-order valence-electron chi connectivity index (χ3n) is 6.23. The molecule has 0 N–H and O–H groups in total. The Labute approximate surface area is 198 Å². The van der Waals surface area contributed by atoms with Gasteiger partial charge in [-0.05, 0) is 31.9 Å². The van der Waals surface area contributed by atoms with Gasteiger partial charge in [0.25, 0.3) is 5.91 Å². The lowest BCUT2D eigenvalue weighted by Crippen LogP contribution is -2.45. The average molecular weight is 492 g/mol. The van der Waals surface area contributed by atoms with Crippen molar-refractivity contribution in [2.24, 2.45) is 5.10 Å². The number of hydrogen-bond donors (Lipinski definition) is 0. The van der Waals surface area contributed by atoms with Crippen LogP contribution in [0, 0.1) is 0 Å². The first-order valence-electron chi connectivity index (χ1n) is 11.5. The predicted molar refractivity (Wildman–Crippen MR) is 124 cm³/mol. The molecule has 4 rings (SSSR count). The van der Waals surface area contributed by atoms with Gasteiger partial charge in [-0.25, -0.2) is 23.2 Å². The first-order valence-corrected chi connectivity index (χ1v) is 13.4. The minimum atomic E-state index is -3.17. The number of amides is 2. The third kappa shape index (κ3) is 5.37. The number of esters is 1. The van der Waals surface area contributed by atoms with E-state index in [-0.39, 0.29) is 36.2 Å². The minimum Gasteiger partial charge on any atom is -0.462 e. The number of pyridine rings is 1. The van der Waals surface area contributed by atoms with Crippen LogP contribution in [0.2, 0.25) is 0 Å². The topological polar surface area (TPSA) is 130 Å². The van der Waals surface area contributed by atoms with Gasteiger partial charge in [-0.3, -0.25) is 9.59 Å². The number of hydrazone groups is 1. The molecule has 34 heavy (non-hydrogen) atoms. The molecule has 0 bridgehead atoms. The van der Waals surface area contributed by atoms with Gasteiger partial charge in [0.2, 0.25) is 5.91 Å². The molecule has 2 saturated heterocycles. The van der Waals surface area contributed by atoms with Crippen LogP contribution in [0.3, 0.4) is 0 Å². The van der Waals surface area contributed by atoms with E-state index >= 15 is 0 Å². The van der Waals surface area contributed by atoms with E-state index in [4.69, 9.17) is 4.74 Å². The van der Waals surface area contributed by atoms with E-state index in [1.807, 2.05) is 0 Å². The fourth-order valence-corrected chi connectivity index (χ4v) is 6.11. The van der Waals surface area contributed by atoms with Crippen LogP contribution in [-0.2, 0) is 24.2 Å². The molecule has 0 aromatic carbocycles. The van der Waals surface area contributed by atoms with Crippen molar-refractivity contribution in [1.82, 2.24) is 14.9 Å². The highest BCUT2D eigenvalue weighted by molar-refractivity contribution is 7.91. The Bertz CT molecular complexity index is 1090. The molecule has 3 aliphatic rings. The Morgan fingerprint density at radius 3 is 2.65 bits per heavy atom. The highest BCUT2D eigenvalue weighted by Gasteiger charge is 2.38. The average Bonchev–Trinajstić information content (AvgIpc) is 3.03. The number of anilines is 1. The summed E-state index contributed by atoms with van der Waals surface area (Å²) in [5, 5.41) is 5.53. The van der Waals surface area contributed by atoms with Gasteiger partial charge >= 0.3 is 5.97 Å². The van der Waals surface area contributed by atoms with Crippen LogP contribution in [0.25, 0.3) is 0 Å². The number of hydrogen-bond acceptors (Lipinski definition) is 9. The van der Waals surface area contributed by atoms with Crippen molar-refractivity contribution in [3.8, 4) is 0 Å². The molecule has 0 aliphatic carbocycles. The Balaban J connectivity index is 1.40. The van der Waals surface area contributed by atoms with E-state index < -0.39 is 21.8 Å². The van der Waals surface area contributed by atoms with Crippen LogP contribution in [-0.4, -0.2) is 97.1 Å². The molecule has 1 aromatic heterocycles. The molecule has 3 aliphatic heterocycles. The molecule has 184 valence electrons. The van der Waals surface area contributed by atoms with Crippen LogP contribution in [0.4, 0.5) is 5.82 Å². The summed E-state index contributed by atoms with van der Waals surface area (Å²) in [6, 6.07) is 2.96. The molecule has 1 aromatic rings. The summed E-state index contributed by atoms with van der Waals surface area (Å²) in [6.07, 6.45) is 2.97. The van der Waals surface area contributed by atoms with Crippen LogP contribution in [0.15, 0.2) is 23.4 Å². The lowest BCUT2D eigenvalue weighted by atomic mass is 10.1. The van der Waals surface area contributed by atoms with E-state index in [1.54, 1.807) is 24.0 Å². The summed E-state index contributed by atoms with van der Waals surface area (Å²) in [4.78, 5) is 45.5. The second kappa shape index (κ2) is 10.1. The highest BCUT2D eigenvalue weighted by atomic mass is 32.2. The molecule has 11 nitrogen and oxygen atoms in total. The zero-order valence-corrected chi connectivity index (χ0v) is 20.0. The number of nitrogens with zero attached hydrogens (tertiary/aromatic N) is 5. The first-order chi connectivity index (χ1) is 16.3. The maximum atomic E-state index is 13.2. The highest BCUT2D eigenvalue weighted by Crippen LogP contribution is 2.23. The summed E-state index contributed by atoms with van der Waals surface area (Å²) in [7, 11) is -3.17. The van der Waals surface area contributed by atoms with Crippen LogP contribution >= 0.6 is 0 Å². The molecular weight excluding hydrogens is 462 g/mol. The summed E-state index contributed by atoms with van der Waals surface area (Å²) < 4.78 is 28.6. The largest absolute Gasteiger partial charge is 0.462 e. The Morgan fingerprint density at radius 2 is 1.97 bits per heavy atom. The van der Waals surface area contributed by atoms with Gasteiger partial charge in [-0.15, -0.1) is 0 Å². The maximum absolute atomic E-state index is 13.2. The molecule has 0 spiro atoms. The molecular formula is C22H29N5O6S. The first kappa shape index (κ1) is 24.1. The lowest BCUT2D eigenvalue weighted by molar-refractivity contribution is -0.134. The van der Waals surface area contributed by atoms with Gasteiger partial charge in [-0.1, -0.05) is 0 Å². The van der Waals surface area contributed by atoms with Crippen molar-refractivity contribution in [3.05, 3.63) is 23.9 Å². The summed E-state index contributed by atoms with van der Waals surface area (Å²) in [5.74, 6) is -0.216. The Hall–Kier alpha value is -3.02. The molecule has 0 radical (unpaired) electrons. The van der Waals surface area contributed by atoms with E-state index in [2.05, 4.69) is 15.0 Å². The SMILES string of the molecule is CCOC(=O)c1ccc(N2CCCN(C(=O)C3=NN(C4CCS(=O)(=O)C4)C(=O)CC3)CC2)nc1. The van der Waals surface area contributed by atoms with Gasteiger partial charge in [0, 0.05) is 45.2 Å². The molecule has 12 heteroatoms. The van der Waals surface area contributed by atoms with Gasteiger partial charge in [0.1, 0.15) is 11.5 Å². The van der Waals surface area contributed by atoms with Gasteiger partial charge in [0.15, 0.2) is 9.84 Å². The van der Waals surface area contributed by atoms with Crippen LogP contribution in [0.5, 0.6) is 0 Å². The van der Waals surface area contributed by atoms with E-state index in [1.165, 1.54) is 11.2 Å². The van der Waals surface area contributed by atoms with Crippen molar-refractivity contribution in [2.45, 2.75) is 38.6 Å². The summed E-state index contributed by atoms with van der Waals surface area (Å²) >= 11 is 0. The van der Waals surface area contributed by atoms with E-state index in [9.17, 15) is 22.8 Å². The van der Waals surface area contributed by atoms with E-state index in [0.29, 0.717) is 50.5 Å². The van der Waals surface area contributed by atoms with Crippen LogP contribution < -0.4 is 4.90 Å². The number of sulfone groups is 1. The number of aromatic nitrogens is 1. The molecule has 0 saturated carbocycles. The molecule has 1 atom stereocenters. The number of carbonyl (C=O) groups is 3. The minimum absolute atomic E-state index is 0.0387. The van der Waals surface area contributed by atoms with Crippen molar-refractivity contribution >= 4 is 39.2 Å². The quantitative estimate of drug-likeness (QED) is 0.543. The number of carbonyl (C=O) groups excluding carboxylic acids is 3. The fourth-order valence-electron chi connectivity index (χ4n) is 4.42. The van der Waals surface area contributed by atoms with Gasteiger partial charge < -0.3 is 14.5 Å². The maximum Gasteiger partial charge on any atom is 0.339 e. The van der Waals surface area contributed by atoms with E-state index in [0.717, 1.165) is 12.2 Å². The molecule has 1 unspecified atom stereocenters. The Kier molecular flexibility index (Phi) is 7.15. The summed E-state index contributed by atoms with van der Waals surface area (Å²) in [6.45, 7) is 4.32. The number of rotatable bonds is 5. The monoisotopic (exact) mass is 491 g/mol. The third-order valence-corrected chi connectivity index (χ3v) is 7.98. The fraction of sp³-hybridized carbons (Fsp3) is 0.591. The second-order valence-corrected chi connectivity index (χ2v) is 10.8. The van der Waals surface area contributed by atoms with Crippen LogP contribution in [0.1, 0.15) is 43.0 Å². The lowest BCUT2D eigenvalue weighted by Gasteiger charge is -2.29. The van der Waals surface area contributed by atoms with Gasteiger partial charge in [-0.2, -0.15) is 5.10 Å². The van der Waals surface area contributed by atoms with Crippen molar-refractivity contribution < 1.29 is 27.5 Å². The smallest absolute Gasteiger partial charge is 0.339 e. The molecule has 2 amide bonds. The van der Waals surface area contributed by atoms with Gasteiger partial charge in [0.05, 0.1) is 29.7 Å². The predicted octanol–water partition coefficient (Wildman–Crippen LogP) is 0.463. The van der Waals surface area contributed by atoms with Crippen molar-refractivity contribution in [3.63, 3.8) is 0 Å².